The SMILES string of the molecule is C[C@H](CCO)CC[C@]1(C)[C@H]2CCC=C(CO)[C@@]2(C)CC[C@@H]1C. The molecule has 0 radical (unpaired) electrons. The smallest absolute Gasteiger partial charge is 0.0647 e. The van der Waals surface area contributed by atoms with Gasteiger partial charge in [-0.3, -0.25) is 0 Å². The topological polar surface area (TPSA) is 40.5 Å². The second kappa shape index (κ2) is 7.05. The highest BCUT2D eigenvalue weighted by molar-refractivity contribution is 5.22. The second-order valence-corrected chi connectivity index (χ2v) is 8.54. The zero-order chi connectivity index (χ0) is 16.4. The highest BCUT2D eigenvalue weighted by atomic mass is 16.3. The largest absolute Gasteiger partial charge is 0.396 e. The molecule has 1 fully saturated rings. The second-order valence-electron chi connectivity index (χ2n) is 8.54. The quantitative estimate of drug-likeness (QED) is 0.706. The van der Waals surface area contributed by atoms with E-state index in [1.165, 1.54) is 37.7 Å². The van der Waals surface area contributed by atoms with Crippen molar-refractivity contribution in [2.24, 2.45) is 28.6 Å². The highest BCUT2D eigenvalue weighted by Gasteiger charge is 2.53. The van der Waals surface area contributed by atoms with Crippen molar-refractivity contribution in [2.45, 2.75) is 72.6 Å². The van der Waals surface area contributed by atoms with Crippen molar-refractivity contribution in [3.8, 4) is 0 Å². The molecule has 0 aliphatic heterocycles. The number of aliphatic hydroxyl groups excluding tert-OH is 2. The van der Waals surface area contributed by atoms with Crippen LogP contribution in [0.15, 0.2) is 11.6 Å². The van der Waals surface area contributed by atoms with Gasteiger partial charge in [0.25, 0.3) is 0 Å². The molecule has 0 aromatic rings. The summed E-state index contributed by atoms with van der Waals surface area (Å²) in [7, 11) is 0. The minimum atomic E-state index is 0.203. The molecule has 2 N–H and O–H groups in total. The van der Waals surface area contributed by atoms with Crippen molar-refractivity contribution in [2.75, 3.05) is 13.2 Å². The van der Waals surface area contributed by atoms with Crippen molar-refractivity contribution in [1.29, 1.82) is 0 Å². The third-order valence-corrected chi connectivity index (χ3v) is 7.34. The van der Waals surface area contributed by atoms with Crippen LogP contribution in [0.4, 0.5) is 0 Å². The maximum atomic E-state index is 9.82. The molecule has 2 rings (SSSR count). The number of allylic oxidation sites excluding steroid dienone is 1. The summed E-state index contributed by atoms with van der Waals surface area (Å²) < 4.78 is 0. The molecule has 0 spiro atoms. The summed E-state index contributed by atoms with van der Waals surface area (Å²) in [5.41, 5.74) is 1.87. The summed E-state index contributed by atoms with van der Waals surface area (Å²) in [5.74, 6) is 2.06. The van der Waals surface area contributed by atoms with Gasteiger partial charge in [-0.05, 0) is 72.7 Å². The zero-order valence-electron chi connectivity index (χ0n) is 15.1. The van der Waals surface area contributed by atoms with Crippen molar-refractivity contribution < 1.29 is 10.2 Å². The van der Waals surface area contributed by atoms with Gasteiger partial charge in [-0.2, -0.15) is 0 Å². The lowest BCUT2D eigenvalue weighted by molar-refractivity contribution is -0.0543. The van der Waals surface area contributed by atoms with E-state index in [0.29, 0.717) is 23.9 Å². The molecular formula is C20H36O2. The molecule has 22 heavy (non-hydrogen) atoms. The minimum absolute atomic E-state index is 0.203. The molecule has 0 saturated heterocycles. The van der Waals surface area contributed by atoms with E-state index >= 15 is 0 Å². The summed E-state index contributed by atoms with van der Waals surface area (Å²) >= 11 is 0. The number of rotatable bonds is 6. The molecule has 0 aromatic heterocycles. The van der Waals surface area contributed by atoms with Crippen molar-refractivity contribution in [1.82, 2.24) is 0 Å². The van der Waals surface area contributed by atoms with Gasteiger partial charge < -0.3 is 10.2 Å². The predicted octanol–water partition coefficient (Wildman–Crippen LogP) is 4.56. The Morgan fingerprint density at radius 3 is 2.59 bits per heavy atom. The first-order valence-corrected chi connectivity index (χ1v) is 9.29. The van der Waals surface area contributed by atoms with Crippen LogP contribution in [0.2, 0.25) is 0 Å². The Hall–Kier alpha value is -0.340. The Labute approximate surface area is 137 Å². The van der Waals surface area contributed by atoms with Gasteiger partial charge in [-0.25, -0.2) is 0 Å². The Balaban J connectivity index is 2.19. The Morgan fingerprint density at radius 2 is 1.95 bits per heavy atom. The van der Waals surface area contributed by atoms with Crippen LogP contribution in [0.25, 0.3) is 0 Å². The van der Waals surface area contributed by atoms with Gasteiger partial charge in [-0.15, -0.1) is 0 Å². The summed E-state index contributed by atoms with van der Waals surface area (Å²) in [5, 5.41) is 19.0. The molecule has 5 atom stereocenters. The Bertz CT molecular complexity index is 403. The number of hydrogen-bond acceptors (Lipinski definition) is 2. The third-order valence-electron chi connectivity index (χ3n) is 7.34. The van der Waals surface area contributed by atoms with Crippen LogP contribution in [0.1, 0.15) is 72.6 Å². The molecule has 0 amide bonds. The summed E-state index contributed by atoms with van der Waals surface area (Å²) in [6.45, 7) is 10.2. The van der Waals surface area contributed by atoms with Crippen LogP contribution in [0, 0.1) is 28.6 Å². The Morgan fingerprint density at radius 1 is 1.23 bits per heavy atom. The van der Waals surface area contributed by atoms with E-state index in [2.05, 4.69) is 33.8 Å². The summed E-state index contributed by atoms with van der Waals surface area (Å²) in [6, 6.07) is 0. The first kappa shape index (κ1) is 18.0. The fourth-order valence-electron chi connectivity index (χ4n) is 5.37. The standard InChI is InChI=1S/C20H36O2/c1-15(10-13-21)8-11-19(3)16(2)9-12-20(4)17(14-22)6-5-7-18(19)20/h6,15-16,18,21-22H,5,7-14H2,1-4H3/t15-,16-,18+,19-,20+/m0/s1. The first-order valence-electron chi connectivity index (χ1n) is 9.29. The molecule has 1 saturated carbocycles. The molecule has 0 bridgehead atoms. The van der Waals surface area contributed by atoms with Gasteiger partial charge in [-0.1, -0.05) is 40.2 Å². The van der Waals surface area contributed by atoms with Gasteiger partial charge in [0.15, 0.2) is 0 Å². The number of hydrogen-bond donors (Lipinski definition) is 2. The summed E-state index contributed by atoms with van der Waals surface area (Å²) in [6.07, 6.45) is 10.6. The fourth-order valence-corrected chi connectivity index (χ4v) is 5.37. The molecule has 128 valence electrons. The third kappa shape index (κ3) is 3.14. The average Bonchev–Trinajstić information content (AvgIpc) is 2.49. The van der Waals surface area contributed by atoms with Crippen LogP contribution in [-0.4, -0.2) is 23.4 Å². The van der Waals surface area contributed by atoms with Crippen molar-refractivity contribution >= 4 is 0 Å². The van der Waals surface area contributed by atoms with Crippen molar-refractivity contribution in [3.05, 3.63) is 11.6 Å². The van der Waals surface area contributed by atoms with Crippen LogP contribution in [0.5, 0.6) is 0 Å². The number of fused-ring (bicyclic) bond motifs is 1. The van der Waals surface area contributed by atoms with E-state index in [1.54, 1.807) is 0 Å². The van der Waals surface area contributed by atoms with Crippen LogP contribution >= 0.6 is 0 Å². The fraction of sp³-hybridized carbons (Fsp3) is 0.900. The monoisotopic (exact) mass is 308 g/mol. The van der Waals surface area contributed by atoms with Crippen LogP contribution in [-0.2, 0) is 0 Å². The maximum Gasteiger partial charge on any atom is 0.0647 e. The molecule has 2 heteroatoms. The van der Waals surface area contributed by atoms with E-state index in [1.807, 2.05) is 0 Å². The van der Waals surface area contributed by atoms with Crippen LogP contribution in [0.3, 0.4) is 0 Å². The van der Waals surface area contributed by atoms with E-state index in [9.17, 15) is 5.11 Å². The lowest BCUT2D eigenvalue weighted by atomic mass is 9.46. The molecule has 0 aromatic carbocycles. The predicted molar refractivity (Wildman–Crippen MR) is 92.6 cm³/mol. The Kier molecular flexibility index (Phi) is 5.77. The van der Waals surface area contributed by atoms with E-state index < -0.39 is 0 Å². The van der Waals surface area contributed by atoms with E-state index in [-0.39, 0.29) is 12.0 Å². The maximum absolute atomic E-state index is 9.82. The molecular weight excluding hydrogens is 272 g/mol. The lowest BCUT2D eigenvalue weighted by Gasteiger charge is -2.58. The van der Waals surface area contributed by atoms with E-state index in [4.69, 9.17) is 5.11 Å². The lowest BCUT2D eigenvalue weighted by Crippen LogP contribution is -2.50. The zero-order valence-corrected chi connectivity index (χ0v) is 15.1. The molecule has 2 aliphatic rings. The number of aliphatic hydroxyl groups is 2. The van der Waals surface area contributed by atoms with Gasteiger partial charge in [0.1, 0.15) is 0 Å². The van der Waals surface area contributed by atoms with Gasteiger partial charge >= 0.3 is 0 Å². The van der Waals surface area contributed by atoms with Gasteiger partial charge in [0.2, 0.25) is 0 Å². The first-order chi connectivity index (χ1) is 10.4. The van der Waals surface area contributed by atoms with E-state index in [0.717, 1.165) is 18.8 Å². The molecule has 0 unspecified atom stereocenters. The molecule has 0 heterocycles. The van der Waals surface area contributed by atoms with Crippen LogP contribution < -0.4 is 0 Å². The molecule has 2 aliphatic carbocycles. The molecule has 2 nitrogen and oxygen atoms in total. The highest BCUT2D eigenvalue weighted by Crippen LogP contribution is 2.61. The average molecular weight is 309 g/mol. The minimum Gasteiger partial charge on any atom is -0.396 e. The van der Waals surface area contributed by atoms with Gasteiger partial charge in [0, 0.05) is 6.61 Å². The van der Waals surface area contributed by atoms with Crippen molar-refractivity contribution in [3.63, 3.8) is 0 Å². The summed E-state index contributed by atoms with van der Waals surface area (Å²) in [4.78, 5) is 0. The normalized spacial score (nSPS) is 40.0. The van der Waals surface area contributed by atoms with Gasteiger partial charge in [0.05, 0.1) is 6.61 Å².